The van der Waals surface area contributed by atoms with E-state index in [1.165, 1.54) is 302 Å². The normalized spacial score (nSPS) is 13.9. The highest BCUT2D eigenvalue weighted by atomic mass is 31.2. The van der Waals surface area contributed by atoms with E-state index in [0.717, 1.165) is 57.8 Å². The molecule has 0 heterocycles. The number of phosphoric acid groups is 1. The van der Waals surface area contributed by atoms with Crippen molar-refractivity contribution in [2.24, 2.45) is 0 Å². The number of carbonyl (C=O) groups is 1. The van der Waals surface area contributed by atoms with Gasteiger partial charge in [0.05, 0.1) is 39.9 Å². The number of allylic oxidation sites excluding steroid dienone is 11. The molecule has 3 N–H and O–H groups in total. The fourth-order valence-corrected chi connectivity index (χ4v) is 12.4. The lowest BCUT2D eigenvalue weighted by atomic mass is 10.0. The third-order valence-electron chi connectivity index (χ3n) is 17.6. The van der Waals surface area contributed by atoms with Crippen LogP contribution in [0.1, 0.15) is 380 Å². The predicted octanol–water partition coefficient (Wildman–Crippen LogP) is 25.3. The van der Waals surface area contributed by atoms with Crippen LogP contribution in [0.2, 0.25) is 0 Å². The predicted molar refractivity (Wildman–Crippen MR) is 392 cm³/mol. The minimum Gasteiger partial charge on any atom is -0.387 e. The summed E-state index contributed by atoms with van der Waals surface area (Å²) < 4.78 is 23.8. The fourth-order valence-electron chi connectivity index (χ4n) is 11.6. The quantitative estimate of drug-likeness (QED) is 0.0243. The molecule has 0 bridgehead atoms. The van der Waals surface area contributed by atoms with E-state index in [4.69, 9.17) is 9.05 Å². The van der Waals surface area contributed by atoms with Crippen LogP contribution in [-0.4, -0.2) is 73.4 Å². The molecule has 522 valence electrons. The molecule has 0 spiro atoms. The number of hydrogen-bond donors (Lipinski definition) is 3. The first kappa shape index (κ1) is 86.9. The van der Waals surface area contributed by atoms with Crippen LogP contribution in [-0.2, 0) is 18.4 Å². The second kappa shape index (κ2) is 70.3. The molecule has 0 fully saturated rings. The number of unbranched alkanes of at least 4 members (excludes halogenated alkanes) is 49. The number of nitrogens with zero attached hydrogens (tertiary/aromatic N) is 1. The molecule has 0 aromatic rings. The summed E-state index contributed by atoms with van der Waals surface area (Å²) in [6.45, 7) is 4.82. The first-order chi connectivity index (χ1) is 43.5. The van der Waals surface area contributed by atoms with E-state index in [0.29, 0.717) is 17.4 Å². The van der Waals surface area contributed by atoms with E-state index in [2.05, 4.69) is 79.9 Å². The molecule has 0 saturated heterocycles. The van der Waals surface area contributed by atoms with E-state index in [1.807, 2.05) is 27.2 Å². The van der Waals surface area contributed by atoms with Crippen molar-refractivity contribution in [3.8, 4) is 0 Å². The Labute approximate surface area is 554 Å². The lowest BCUT2D eigenvalue weighted by molar-refractivity contribution is -0.870. The Hall–Kier alpha value is -2.06. The van der Waals surface area contributed by atoms with Crippen LogP contribution in [0.4, 0.5) is 0 Å². The second-order valence-corrected chi connectivity index (χ2v) is 29.2. The summed E-state index contributed by atoms with van der Waals surface area (Å²) in [6.07, 6.45) is 99.5. The van der Waals surface area contributed by atoms with Crippen molar-refractivity contribution in [2.45, 2.75) is 392 Å². The zero-order chi connectivity index (χ0) is 64.8. The summed E-state index contributed by atoms with van der Waals surface area (Å²) in [5.74, 6) is -0.185. The highest BCUT2D eigenvalue weighted by molar-refractivity contribution is 7.47. The van der Waals surface area contributed by atoms with Crippen LogP contribution < -0.4 is 5.32 Å². The number of aliphatic hydroxyl groups is 1. The van der Waals surface area contributed by atoms with Gasteiger partial charge in [0.15, 0.2) is 0 Å². The van der Waals surface area contributed by atoms with Gasteiger partial charge >= 0.3 is 7.82 Å². The van der Waals surface area contributed by atoms with Crippen LogP contribution in [0.3, 0.4) is 0 Å². The van der Waals surface area contributed by atoms with E-state index in [9.17, 15) is 19.4 Å². The van der Waals surface area contributed by atoms with Gasteiger partial charge in [0.1, 0.15) is 13.2 Å². The lowest BCUT2D eigenvalue weighted by Crippen LogP contribution is -2.45. The Morgan fingerprint density at radius 1 is 0.382 bits per heavy atom. The number of quaternary nitrogens is 1. The maximum atomic E-state index is 13.1. The van der Waals surface area contributed by atoms with Gasteiger partial charge in [-0.25, -0.2) is 4.57 Å². The number of amides is 1. The van der Waals surface area contributed by atoms with Gasteiger partial charge in [0.25, 0.3) is 0 Å². The molecule has 0 saturated carbocycles. The van der Waals surface area contributed by atoms with Gasteiger partial charge in [-0.05, 0) is 83.5 Å². The maximum absolute atomic E-state index is 13.1. The number of hydrogen-bond acceptors (Lipinski definition) is 5. The first-order valence-electron chi connectivity index (χ1n) is 38.8. The van der Waals surface area contributed by atoms with Gasteiger partial charge in [-0.2, -0.15) is 0 Å². The van der Waals surface area contributed by atoms with Gasteiger partial charge in [-0.3, -0.25) is 13.8 Å². The number of likely N-dealkylation sites (N-methyl/N-ethyl adjacent to an activating group) is 1. The molecule has 0 aliphatic heterocycles. The van der Waals surface area contributed by atoms with E-state index in [-0.39, 0.29) is 19.1 Å². The number of aliphatic hydroxyl groups excluding tert-OH is 1. The molecule has 0 aromatic heterocycles. The summed E-state index contributed by atoms with van der Waals surface area (Å²) in [6, 6.07) is -0.873. The van der Waals surface area contributed by atoms with Crippen LogP contribution in [0.5, 0.6) is 0 Å². The number of rotatable bonds is 72. The standard InChI is InChI=1S/C80H151N2O6P/c1-6-8-10-12-14-16-18-20-22-24-26-28-30-32-34-36-37-38-39-40-41-42-43-44-45-46-48-50-52-54-56-58-60-62-64-66-68-70-72-74-80(84)81-78(77-88-89(85,86)87-76-75-82(3,4)5)79(83)73-71-69-67-65-63-61-59-57-55-53-51-49-47-35-33-31-29-27-25-23-21-19-17-15-13-11-9-7-2/h18,20,24,26,30,32,55,57,63,65,71,73,78-79,83H,6-17,19,21-23,25,27-29,31,33-54,56,58-62,64,66-70,72,74-77H2,1-5H3,(H-,81,84,85,86)/p+1/b20-18-,26-24-,32-30-,57-55+,65-63+,73-71+. The summed E-state index contributed by atoms with van der Waals surface area (Å²) in [4.78, 5) is 23.5. The van der Waals surface area contributed by atoms with Crippen molar-refractivity contribution < 1.29 is 32.9 Å². The topological polar surface area (TPSA) is 105 Å². The molecule has 0 aromatic carbocycles. The summed E-state index contributed by atoms with van der Waals surface area (Å²) >= 11 is 0. The van der Waals surface area contributed by atoms with Gasteiger partial charge in [0.2, 0.25) is 5.91 Å². The second-order valence-electron chi connectivity index (χ2n) is 27.7. The van der Waals surface area contributed by atoms with Crippen LogP contribution in [0.25, 0.3) is 0 Å². The largest absolute Gasteiger partial charge is 0.472 e. The Morgan fingerprint density at radius 2 is 0.652 bits per heavy atom. The Kier molecular flexibility index (Phi) is 68.6. The highest BCUT2D eigenvalue weighted by Crippen LogP contribution is 2.43. The van der Waals surface area contributed by atoms with Gasteiger partial charge < -0.3 is 19.8 Å². The van der Waals surface area contributed by atoms with Crippen molar-refractivity contribution in [2.75, 3.05) is 40.9 Å². The van der Waals surface area contributed by atoms with Crippen molar-refractivity contribution >= 4 is 13.7 Å². The summed E-state index contributed by atoms with van der Waals surface area (Å²) in [5, 5.41) is 14.0. The summed E-state index contributed by atoms with van der Waals surface area (Å²) in [5.41, 5.74) is 0. The van der Waals surface area contributed by atoms with Crippen molar-refractivity contribution in [1.29, 1.82) is 0 Å². The van der Waals surface area contributed by atoms with Crippen LogP contribution in [0.15, 0.2) is 72.9 Å². The smallest absolute Gasteiger partial charge is 0.387 e. The Bertz CT molecular complexity index is 1680. The summed E-state index contributed by atoms with van der Waals surface area (Å²) in [7, 11) is 1.56. The minimum atomic E-state index is -4.37. The Morgan fingerprint density at radius 3 is 0.978 bits per heavy atom. The third-order valence-corrected chi connectivity index (χ3v) is 18.6. The number of phosphoric ester groups is 1. The average molecular weight is 1270 g/mol. The molecular formula is C80H152N2O6P+. The Balaban J connectivity index is 4.01. The zero-order valence-corrected chi connectivity index (χ0v) is 60.8. The first-order valence-corrected chi connectivity index (χ1v) is 40.3. The van der Waals surface area contributed by atoms with E-state index >= 15 is 0 Å². The third kappa shape index (κ3) is 73.2. The SMILES string of the molecule is CCCCCCC/C=C\C/C=C\C/C=C\CCCCCCCCCCCCCCCCCCCCCCCCCCC(=O)NC(COP(=O)(O)OCC[N+](C)(C)C)C(O)/C=C/CC/C=C/CC/C=C/CCCCCCCCCCCCCCCCCCCC. The zero-order valence-electron chi connectivity index (χ0n) is 59.9. The highest BCUT2D eigenvalue weighted by Gasteiger charge is 2.28. The molecule has 3 atom stereocenters. The number of carbonyl (C=O) groups excluding carboxylic acids is 1. The van der Waals surface area contributed by atoms with Crippen molar-refractivity contribution in [3.63, 3.8) is 0 Å². The van der Waals surface area contributed by atoms with E-state index in [1.54, 1.807) is 6.08 Å². The fraction of sp³-hybridized carbons (Fsp3) is 0.838. The van der Waals surface area contributed by atoms with Crippen molar-refractivity contribution in [1.82, 2.24) is 5.32 Å². The molecule has 0 rings (SSSR count). The van der Waals surface area contributed by atoms with Gasteiger partial charge in [-0.1, -0.05) is 363 Å². The molecule has 0 radical (unpaired) electrons. The molecule has 3 unspecified atom stereocenters. The molecule has 0 aliphatic rings. The molecule has 1 amide bonds. The molecular weight excluding hydrogens is 1120 g/mol. The van der Waals surface area contributed by atoms with E-state index < -0.39 is 20.0 Å². The molecule has 9 heteroatoms. The molecule has 8 nitrogen and oxygen atoms in total. The molecule has 0 aliphatic carbocycles. The average Bonchev–Trinajstić information content (AvgIpc) is 3.55. The monoisotopic (exact) mass is 1270 g/mol. The lowest BCUT2D eigenvalue weighted by Gasteiger charge is -2.25. The molecule has 89 heavy (non-hydrogen) atoms. The van der Waals surface area contributed by atoms with Crippen LogP contribution >= 0.6 is 7.82 Å². The number of nitrogens with one attached hydrogen (secondary N) is 1. The van der Waals surface area contributed by atoms with Gasteiger partial charge in [-0.15, -0.1) is 0 Å². The van der Waals surface area contributed by atoms with Crippen LogP contribution in [0, 0.1) is 0 Å². The minimum absolute atomic E-state index is 0.0535. The maximum Gasteiger partial charge on any atom is 0.472 e. The van der Waals surface area contributed by atoms with Crippen molar-refractivity contribution in [3.05, 3.63) is 72.9 Å². The van der Waals surface area contributed by atoms with Gasteiger partial charge in [0, 0.05) is 6.42 Å².